The number of fused-ring (bicyclic) bond motifs is 1. The zero-order valence-electron chi connectivity index (χ0n) is 23.4. The molecule has 2 radical (unpaired) electrons. The number of imidazole rings is 1. The predicted molar refractivity (Wildman–Crippen MR) is 147 cm³/mol. The van der Waals surface area contributed by atoms with Gasteiger partial charge in [-0.2, -0.15) is 13.2 Å². The van der Waals surface area contributed by atoms with Crippen LogP contribution in [0.3, 0.4) is 0 Å². The molecule has 6 rings (SSSR count). The number of piperidine rings is 1. The van der Waals surface area contributed by atoms with Gasteiger partial charge in [-0.1, -0.05) is 13.3 Å². The molecule has 5 heterocycles. The Morgan fingerprint density at radius 3 is 2.60 bits per heavy atom. The van der Waals surface area contributed by atoms with E-state index in [1.807, 2.05) is 7.05 Å². The van der Waals surface area contributed by atoms with Crippen molar-refractivity contribution in [2.45, 2.75) is 82.9 Å². The minimum atomic E-state index is -4.55. The molecule has 5 atom stereocenters. The first-order valence-corrected chi connectivity index (χ1v) is 14.7. The van der Waals surface area contributed by atoms with Gasteiger partial charge in [0.15, 0.2) is 0 Å². The van der Waals surface area contributed by atoms with E-state index in [9.17, 15) is 18.0 Å². The van der Waals surface area contributed by atoms with Crippen molar-refractivity contribution < 1.29 is 17.9 Å². The number of aromatic nitrogens is 2. The summed E-state index contributed by atoms with van der Waals surface area (Å²) in [4.78, 5) is 17.9. The van der Waals surface area contributed by atoms with Crippen LogP contribution in [0.5, 0.6) is 0 Å². The van der Waals surface area contributed by atoms with Crippen molar-refractivity contribution in [2.24, 2.45) is 17.3 Å². The molecule has 2 N–H and O–H groups in total. The average molecular weight is 560 g/mol. The van der Waals surface area contributed by atoms with E-state index < -0.39 is 11.7 Å². The minimum absolute atomic E-state index is 0.0466. The number of nitrogens with zero attached hydrogens (tertiary/aromatic N) is 4. The van der Waals surface area contributed by atoms with Crippen LogP contribution < -0.4 is 16.5 Å². The van der Waals surface area contributed by atoms with Gasteiger partial charge >= 0.3 is 11.9 Å². The number of halogens is 3. The fourth-order valence-corrected chi connectivity index (χ4v) is 7.54. The second-order valence-corrected chi connectivity index (χ2v) is 12.8. The maximum atomic E-state index is 14.3. The van der Waals surface area contributed by atoms with Gasteiger partial charge in [0, 0.05) is 43.0 Å². The van der Waals surface area contributed by atoms with E-state index in [0.29, 0.717) is 37.2 Å². The van der Waals surface area contributed by atoms with Gasteiger partial charge in [0.25, 0.3) is 0 Å². The highest BCUT2D eigenvalue weighted by Crippen LogP contribution is 2.49. The first-order valence-electron chi connectivity index (χ1n) is 14.7. The Kier molecular flexibility index (Phi) is 7.61. The second-order valence-electron chi connectivity index (χ2n) is 12.8. The van der Waals surface area contributed by atoms with Crippen LogP contribution in [-0.2, 0) is 17.5 Å². The normalized spacial score (nSPS) is 32.0. The number of hydrazine groups is 1. The largest absolute Gasteiger partial charge is 0.418 e. The molecule has 0 aromatic carbocycles. The van der Waals surface area contributed by atoms with E-state index in [0.717, 1.165) is 58.0 Å². The van der Waals surface area contributed by atoms with Crippen molar-refractivity contribution in [3.63, 3.8) is 0 Å². The number of pyridine rings is 1. The molecule has 12 heteroatoms. The quantitative estimate of drug-likeness (QED) is 0.529. The van der Waals surface area contributed by atoms with Crippen molar-refractivity contribution in [3.05, 3.63) is 40.1 Å². The van der Waals surface area contributed by atoms with E-state index >= 15 is 0 Å². The van der Waals surface area contributed by atoms with Gasteiger partial charge in [-0.25, -0.2) is 15.6 Å². The molecule has 1 saturated carbocycles. The summed E-state index contributed by atoms with van der Waals surface area (Å²) < 4.78 is 51.3. The maximum absolute atomic E-state index is 14.3. The first-order chi connectivity index (χ1) is 19.0. The van der Waals surface area contributed by atoms with Crippen LogP contribution in [0.25, 0.3) is 5.52 Å². The molecule has 2 aromatic rings. The fourth-order valence-electron chi connectivity index (χ4n) is 7.54. The highest BCUT2D eigenvalue weighted by molar-refractivity contribution is 6.11. The van der Waals surface area contributed by atoms with Gasteiger partial charge < -0.3 is 4.74 Å². The number of hydrogen-bond acceptors (Lipinski definition) is 6. The highest BCUT2D eigenvalue weighted by Gasteiger charge is 2.50. The van der Waals surface area contributed by atoms with Gasteiger partial charge in [-0.15, -0.1) is 0 Å². The average Bonchev–Trinajstić information content (AvgIpc) is 3.39. The molecule has 2 aromatic heterocycles. The summed E-state index contributed by atoms with van der Waals surface area (Å²) in [7, 11) is 8.06. The second kappa shape index (κ2) is 10.8. The Hall–Kier alpha value is -1.86. The number of alkyl halides is 3. The summed E-state index contributed by atoms with van der Waals surface area (Å²) >= 11 is 0. The molecule has 218 valence electrons. The van der Waals surface area contributed by atoms with Crippen LogP contribution in [0.2, 0.25) is 0 Å². The predicted octanol–water partition coefficient (Wildman–Crippen LogP) is 3.31. The van der Waals surface area contributed by atoms with Crippen molar-refractivity contribution >= 4 is 13.4 Å². The molecule has 8 nitrogen and oxygen atoms in total. The molecule has 3 aliphatic heterocycles. The lowest BCUT2D eigenvalue weighted by molar-refractivity contribution is -0.167. The molecule has 0 bridgehead atoms. The summed E-state index contributed by atoms with van der Waals surface area (Å²) in [6.07, 6.45) is 5.08. The Balaban J connectivity index is 1.28. The monoisotopic (exact) mass is 560 g/mol. The van der Waals surface area contributed by atoms with Crippen LogP contribution in [0.15, 0.2) is 23.3 Å². The van der Waals surface area contributed by atoms with E-state index in [1.165, 1.54) is 16.7 Å². The molecular formula is C28H40BF3N6O2. The molecular weight excluding hydrogens is 520 g/mol. The standard InChI is InChI=1S/C28H40BF3N6O2/c1-18-5-4-8-36(12-18)13-19-9-22(28(30,31)32)23-15-37(26(39)38(23)14-19)21-7-3-6-20(10-21)27(16-40-17-27)11-24-33-34-25(29)35(24)2/h9,14-15,18,20-21,24-25,33-34H,3-8,10-13,16-17H2,1-2H3/t18-,20?,21?,24?,25?/m0/s1. The maximum Gasteiger partial charge on any atom is 0.418 e. The van der Waals surface area contributed by atoms with Crippen molar-refractivity contribution in [1.29, 1.82) is 0 Å². The minimum Gasteiger partial charge on any atom is -0.380 e. The van der Waals surface area contributed by atoms with Crippen LogP contribution in [0.1, 0.15) is 69.0 Å². The van der Waals surface area contributed by atoms with Gasteiger partial charge in [0.2, 0.25) is 0 Å². The molecule has 4 unspecified atom stereocenters. The fraction of sp³-hybridized carbons (Fsp3) is 0.750. The smallest absolute Gasteiger partial charge is 0.380 e. The SMILES string of the molecule is [B]C1NNC(CC2(C3CCCC(n4cc5c(C(F)(F)F)cc(CN6CCC[C@H](C)C6)cn5c4=O)C3)COC2)N1C. The molecule has 0 amide bonds. The number of rotatable bonds is 6. The summed E-state index contributed by atoms with van der Waals surface area (Å²) in [6, 6.07) is 0.832. The summed E-state index contributed by atoms with van der Waals surface area (Å²) in [5.41, 5.74) is 5.65. The summed E-state index contributed by atoms with van der Waals surface area (Å²) in [5.74, 6) is 0.825. The first kappa shape index (κ1) is 28.3. The van der Waals surface area contributed by atoms with Gasteiger partial charge in [0.05, 0.1) is 30.5 Å². The van der Waals surface area contributed by atoms with Crippen LogP contribution in [0, 0.1) is 17.3 Å². The lowest BCUT2D eigenvalue weighted by Crippen LogP contribution is -2.54. The van der Waals surface area contributed by atoms with Gasteiger partial charge in [-0.3, -0.25) is 18.8 Å². The Morgan fingerprint density at radius 2 is 1.95 bits per heavy atom. The van der Waals surface area contributed by atoms with Crippen molar-refractivity contribution in [1.82, 2.24) is 29.6 Å². The zero-order valence-corrected chi connectivity index (χ0v) is 23.4. The van der Waals surface area contributed by atoms with Crippen molar-refractivity contribution in [3.8, 4) is 0 Å². The van der Waals surface area contributed by atoms with Crippen LogP contribution in [-0.4, -0.2) is 72.2 Å². The third-order valence-corrected chi connectivity index (χ3v) is 9.91. The zero-order chi connectivity index (χ0) is 28.2. The van der Waals surface area contributed by atoms with Gasteiger partial charge in [-0.05, 0) is 75.6 Å². The van der Waals surface area contributed by atoms with Crippen LogP contribution >= 0.6 is 0 Å². The molecule has 1 aliphatic carbocycles. The lowest BCUT2D eigenvalue weighted by atomic mass is 9.64. The topological polar surface area (TPSA) is 66.2 Å². The molecule has 0 spiro atoms. The van der Waals surface area contributed by atoms with E-state index in [2.05, 4.69) is 27.6 Å². The van der Waals surface area contributed by atoms with E-state index in [4.69, 9.17) is 12.6 Å². The Labute approximate surface area is 234 Å². The highest BCUT2D eigenvalue weighted by atomic mass is 19.4. The number of likely N-dealkylation sites (tertiary alicyclic amines) is 1. The van der Waals surface area contributed by atoms with Crippen LogP contribution in [0.4, 0.5) is 13.2 Å². The molecule has 4 aliphatic rings. The molecule has 3 saturated heterocycles. The summed E-state index contributed by atoms with van der Waals surface area (Å²) in [5, 5.41) is 0. The lowest BCUT2D eigenvalue weighted by Gasteiger charge is -2.51. The summed E-state index contributed by atoms with van der Waals surface area (Å²) in [6.45, 7) is 5.61. The Bertz CT molecular complexity index is 1280. The van der Waals surface area contributed by atoms with Gasteiger partial charge in [0.1, 0.15) is 7.85 Å². The number of hydrogen-bond donors (Lipinski definition) is 2. The molecule has 40 heavy (non-hydrogen) atoms. The number of ether oxygens (including phenoxy) is 1. The third-order valence-electron chi connectivity index (χ3n) is 9.91. The van der Waals surface area contributed by atoms with E-state index in [1.54, 1.807) is 10.8 Å². The Morgan fingerprint density at radius 1 is 1.15 bits per heavy atom. The number of nitrogens with one attached hydrogen (secondary N) is 2. The van der Waals surface area contributed by atoms with E-state index in [-0.39, 0.29) is 34.9 Å². The van der Waals surface area contributed by atoms with Crippen molar-refractivity contribution in [2.75, 3.05) is 33.4 Å². The third kappa shape index (κ3) is 5.26. The molecule has 4 fully saturated rings.